The third-order valence-electron chi connectivity index (χ3n) is 5.77. The molecule has 31 heavy (non-hydrogen) atoms. The van der Waals surface area contributed by atoms with E-state index in [0.717, 1.165) is 41.5 Å². The molecule has 0 aromatic heterocycles. The van der Waals surface area contributed by atoms with Gasteiger partial charge in [0.15, 0.2) is 11.6 Å². The van der Waals surface area contributed by atoms with Crippen LogP contribution >= 0.6 is 0 Å². The van der Waals surface area contributed by atoms with Crippen LogP contribution in [0.5, 0.6) is 0 Å². The van der Waals surface area contributed by atoms with E-state index < -0.39 is 0 Å². The van der Waals surface area contributed by atoms with Crippen molar-refractivity contribution in [3.63, 3.8) is 0 Å². The molecular weight excluding hydrogens is 380 g/mol. The van der Waals surface area contributed by atoms with Crippen LogP contribution in [0.15, 0.2) is 96.6 Å². The number of unbranched alkanes of at least 4 members (excludes halogenated alkanes) is 1. The molecule has 0 heterocycles. The smallest absolute Gasteiger partial charge is 0.192 e. The summed E-state index contributed by atoms with van der Waals surface area (Å²) >= 11 is 0. The van der Waals surface area contributed by atoms with Gasteiger partial charge in [0.25, 0.3) is 0 Å². The Morgan fingerprint density at radius 2 is 1.81 bits per heavy atom. The molecule has 0 saturated heterocycles. The van der Waals surface area contributed by atoms with Crippen molar-refractivity contribution in [1.82, 2.24) is 0 Å². The first-order valence-electron chi connectivity index (χ1n) is 10.9. The Morgan fingerprint density at radius 1 is 1.03 bits per heavy atom. The minimum atomic E-state index is 0.0787. The van der Waals surface area contributed by atoms with Crippen LogP contribution in [-0.4, -0.2) is 11.6 Å². The van der Waals surface area contributed by atoms with Gasteiger partial charge in [0.2, 0.25) is 0 Å². The lowest BCUT2D eigenvalue weighted by Gasteiger charge is -2.12. The van der Waals surface area contributed by atoms with Gasteiger partial charge in [0.1, 0.15) is 0 Å². The van der Waals surface area contributed by atoms with E-state index in [-0.39, 0.29) is 17.5 Å². The largest absolute Gasteiger partial charge is 0.295 e. The normalized spacial score (nSPS) is 15.6. The topological polar surface area (TPSA) is 34.1 Å². The number of rotatable bonds is 10. The molecule has 0 spiro atoms. The molecule has 0 N–H and O–H groups in total. The SMILES string of the molecule is C=C/C=C\C(=O)CCCCc1cccc(C(=O)C2=C(C)C(c3ccc(C)cc3)C=C2)c1. The van der Waals surface area contributed by atoms with E-state index in [1.54, 1.807) is 18.2 Å². The van der Waals surface area contributed by atoms with Crippen molar-refractivity contribution >= 4 is 11.6 Å². The number of benzene rings is 2. The summed E-state index contributed by atoms with van der Waals surface area (Å²) in [5, 5.41) is 0. The Morgan fingerprint density at radius 3 is 2.55 bits per heavy atom. The number of allylic oxidation sites excluding steroid dienone is 7. The molecule has 1 atom stereocenters. The maximum atomic E-state index is 13.2. The molecule has 0 saturated carbocycles. The van der Waals surface area contributed by atoms with E-state index in [2.05, 4.69) is 56.8 Å². The predicted molar refractivity (Wildman–Crippen MR) is 128 cm³/mol. The van der Waals surface area contributed by atoms with Gasteiger partial charge in [-0.3, -0.25) is 9.59 Å². The molecule has 0 aliphatic heterocycles. The summed E-state index contributed by atoms with van der Waals surface area (Å²) in [6.07, 6.45) is 12.1. The zero-order valence-electron chi connectivity index (χ0n) is 18.4. The molecule has 2 heteroatoms. The number of hydrogen-bond acceptors (Lipinski definition) is 2. The second-order valence-corrected chi connectivity index (χ2v) is 8.14. The summed E-state index contributed by atoms with van der Waals surface area (Å²) in [5.41, 5.74) is 6.21. The zero-order valence-corrected chi connectivity index (χ0v) is 18.4. The number of ketones is 2. The second kappa shape index (κ2) is 10.7. The summed E-state index contributed by atoms with van der Waals surface area (Å²) < 4.78 is 0. The summed E-state index contributed by atoms with van der Waals surface area (Å²) in [7, 11) is 0. The lowest BCUT2D eigenvalue weighted by atomic mass is 9.91. The second-order valence-electron chi connectivity index (χ2n) is 8.14. The molecule has 2 aromatic rings. The highest BCUT2D eigenvalue weighted by atomic mass is 16.1. The molecule has 0 radical (unpaired) electrons. The fraction of sp³-hybridized carbons (Fsp3) is 0.241. The molecule has 158 valence electrons. The highest BCUT2D eigenvalue weighted by Crippen LogP contribution is 2.35. The van der Waals surface area contributed by atoms with Gasteiger partial charge >= 0.3 is 0 Å². The van der Waals surface area contributed by atoms with Crippen molar-refractivity contribution in [3.05, 3.63) is 119 Å². The molecule has 2 nitrogen and oxygen atoms in total. The van der Waals surface area contributed by atoms with Crippen LogP contribution in [0, 0.1) is 6.92 Å². The summed E-state index contributed by atoms with van der Waals surface area (Å²) in [6, 6.07) is 16.4. The first kappa shape index (κ1) is 22.4. The minimum Gasteiger partial charge on any atom is -0.295 e. The number of Topliss-reactive ketones (excluding diaryl/α,β-unsaturated/α-hetero) is 1. The number of carbonyl (C=O) groups is 2. The third-order valence-corrected chi connectivity index (χ3v) is 5.77. The Kier molecular flexibility index (Phi) is 7.72. The van der Waals surface area contributed by atoms with Crippen LogP contribution in [0.3, 0.4) is 0 Å². The summed E-state index contributed by atoms with van der Waals surface area (Å²) in [4.78, 5) is 24.9. The Hall–Kier alpha value is -3.26. The Balaban J connectivity index is 1.64. The van der Waals surface area contributed by atoms with Crippen molar-refractivity contribution < 1.29 is 9.59 Å². The van der Waals surface area contributed by atoms with Crippen LogP contribution in [0.25, 0.3) is 0 Å². The molecule has 1 unspecified atom stereocenters. The molecule has 3 rings (SSSR count). The van der Waals surface area contributed by atoms with Crippen molar-refractivity contribution in [2.24, 2.45) is 0 Å². The average Bonchev–Trinajstić information content (AvgIpc) is 3.16. The van der Waals surface area contributed by atoms with Gasteiger partial charge < -0.3 is 0 Å². The number of aryl methyl sites for hydroxylation is 2. The van der Waals surface area contributed by atoms with E-state index in [1.807, 2.05) is 24.3 Å². The molecular formula is C29H30O2. The summed E-state index contributed by atoms with van der Waals surface area (Å²) in [5.74, 6) is 0.368. The first-order chi connectivity index (χ1) is 15.0. The van der Waals surface area contributed by atoms with Crippen molar-refractivity contribution in [3.8, 4) is 0 Å². The van der Waals surface area contributed by atoms with Crippen LogP contribution in [-0.2, 0) is 11.2 Å². The van der Waals surface area contributed by atoms with Crippen LogP contribution in [0.4, 0.5) is 0 Å². The van der Waals surface area contributed by atoms with Gasteiger partial charge in [-0.2, -0.15) is 0 Å². The Bertz CT molecular complexity index is 1050. The van der Waals surface area contributed by atoms with E-state index in [0.29, 0.717) is 6.42 Å². The molecule has 0 amide bonds. The fourth-order valence-corrected chi connectivity index (χ4v) is 3.94. The minimum absolute atomic E-state index is 0.0787. The lowest BCUT2D eigenvalue weighted by Crippen LogP contribution is -2.05. The van der Waals surface area contributed by atoms with Gasteiger partial charge in [-0.15, -0.1) is 0 Å². The highest BCUT2D eigenvalue weighted by molar-refractivity contribution is 6.11. The monoisotopic (exact) mass is 410 g/mol. The van der Waals surface area contributed by atoms with E-state index in [4.69, 9.17) is 0 Å². The van der Waals surface area contributed by atoms with Gasteiger partial charge in [0.05, 0.1) is 0 Å². The quantitative estimate of drug-likeness (QED) is 0.185. The van der Waals surface area contributed by atoms with Crippen LogP contribution in [0.1, 0.15) is 59.2 Å². The molecule has 1 aliphatic carbocycles. The fourth-order valence-electron chi connectivity index (χ4n) is 3.94. The molecule has 2 aromatic carbocycles. The Labute approximate surface area is 185 Å². The predicted octanol–water partition coefficient (Wildman–Crippen LogP) is 6.87. The molecule has 1 aliphatic rings. The maximum Gasteiger partial charge on any atom is 0.192 e. The van der Waals surface area contributed by atoms with Gasteiger partial charge in [-0.05, 0) is 56.4 Å². The van der Waals surface area contributed by atoms with Crippen molar-refractivity contribution in [2.45, 2.75) is 45.4 Å². The van der Waals surface area contributed by atoms with Gasteiger partial charge in [-0.25, -0.2) is 0 Å². The zero-order chi connectivity index (χ0) is 22.2. The van der Waals surface area contributed by atoms with E-state index >= 15 is 0 Å². The maximum absolute atomic E-state index is 13.2. The molecule has 0 bridgehead atoms. The molecule has 0 fully saturated rings. The summed E-state index contributed by atoms with van der Waals surface area (Å²) in [6.45, 7) is 7.71. The first-order valence-corrected chi connectivity index (χ1v) is 10.9. The average molecular weight is 411 g/mol. The number of hydrogen-bond donors (Lipinski definition) is 0. The van der Waals surface area contributed by atoms with Gasteiger partial charge in [-0.1, -0.05) is 84.5 Å². The standard InChI is InChI=1S/C29H30O2/c1-4-5-12-26(30)13-7-6-9-23-10-8-11-25(20-23)29(31)28-19-18-27(22(28)3)24-16-14-21(2)15-17-24/h4-5,8,10-12,14-20,27H,1,6-7,9,13H2,2-3H3/b12-5-. The third kappa shape index (κ3) is 5.88. The van der Waals surface area contributed by atoms with Gasteiger partial charge in [0, 0.05) is 23.5 Å². The van der Waals surface area contributed by atoms with E-state index in [1.165, 1.54) is 11.1 Å². The van der Waals surface area contributed by atoms with Crippen molar-refractivity contribution in [1.29, 1.82) is 0 Å². The van der Waals surface area contributed by atoms with Crippen LogP contribution < -0.4 is 0 Å². The number of carbonyl (C=O) groups excluding carboxylic acids is 2. The van der Waals surface area contributed by atoms with Crippen molar-refractivity contribution in [2.75, 3.05) is 0 Å². The lowest BCUT2D eigenvalue weighted by molar-refractivity contribution is -0.114. The van der Waals surface area contributed by atoms with E-state index in [9.17, 15) is 9.59 Å². The van der Waals surface area contributed by atoms with Crippen LogP contribution in [0.2, 0.25) is 0 Å². The highest BCUT2D eigenvalue weighted by Gasteiger charge is 2.23.